The van der Waals surface area contributed by atoms with Crippen molar-refractivity contribution in [3.8, 4) is 0 Å². The molecule has 0 aromatic heterocycles. The monoisotopic (exact) mass is 219 g/mol. The summed E-state index contributed by atoms with van der Waals surface area (Å²) in [5.41, 5.74) is 0. The van der Waals surface area contributed by atoms with Crippen LogP contribution >= 0.6 is 11.6 Å². The van der Waals surface area contributed by atoms with Crippen LogP contribution in [-0.4, -0.2) is 18.5 Å². The third-order valence-electron chi connectivity index (χ3n) is 2.57. The molecule has 2 heteroatoms. The smallest absolute Gasteiger partial charge is 0.0238 e. The molecule has 1 atom stereocenters. The molecule has 0 aliphatic rings. The number of unbranched alkanes of at least 4 members (excludes halogenated alkanes) is 5. The summed E-state index contributed by atoms with van der Waals surface area (Å²) >= 11 is 5.65. The van der Waals surface area contributed by atoms with Gasteiger partial charge in [-0.05, 0) is 26.3 Å². The van der Waals surface area contributed by atoms with Crippen LogP contribution < -0.4 is 5.32 Å². The summed E-state index contributed by atoms with van der Waals surface area (Å²) in [4.78, 5) is 0. The van der Waals surface area contributed by atoms with Crippen molar-refractivity contribution in [3.63, 3.8) is 0 Å². The second kappa shape index (κ2) is 11.3. The van der Waals surface area contributed by atoms with Crippen molar-refractivity contribution >= 4 is 11.6 Å². The van der Waals surface area contributed by atoms with E-state index in [-0.39, 0.29) is 0 Å². The van der Waals surface area contributed by atoms with Crippen molar-refractivity contribution in [2.45, 2.75) is 64.8 Å². The Kier molecular flexibility index (Phi) is 11.5. The van der Waals surface area contributed by atoms with E-state index in [1.165, 1.54) is 38.5 Å². The first-order valence-corrected chi connectivity index (χ1v) is 6.64. The number of nitrogens with one attached hydrogen (secondary N) is 1. The molecule has 0 spiro atoms. The van der Waals surface area contributed by atoms with Crippen LogP contribution in [0.3, 0.4) is 0 Å². The molecule has 0 radical (unpaired) electrons. The summed E-state index contributed by atoms with van der Waals surface area (Å²) < 4.78 is 0. The number of hydrogen-bond acceptors (Lipinski definition) is 1. The summed E-state index contributed by atoms with van der Waals surface area (Å²) in [6.07, 6.45) is 9.32. The molecule has 86 valence electrons. The molecule has 0 aliphatic heterocycles. The molecule has 0 rings (SSSR count). The molecule has 0 saturated heterocycles. The molecular formula is C12H26ClN. The maximum atomic E-state index is 5.65. The van der Waals surface area contributed by atoms with Gasteiger partial charge in [-0.25, -0.2) is 0 Å². The van der Waals surface area contributed by atoms with Gasteiger partial charge in [0.25, 0.3) is 0 Å². The number of hydrogen-bond donors (Lipinski definition) is 1. The minimum Gasteiger partial charge on any atom is -0.314 e. The van der Waals surface area contributed by atoms with Crippen LogP contribution in [0.2, 0.25) is 0 Å². The van der Waals surface area contributed by atoms with E-state index in [0.29, 0.717) is 6.04 Å². The molecule has 0 amide bonds. The molecule has 0 fully saturated rings. The highest BCUT2D eigenvalue weighted by Crippen LogP contribution is 2.04. The summed E-state index contributed by atoms with van der Waals surface area (Å²) in [7, 11) is 0. The average Bonchev–Trinajstić information content (AvgIpc) is 2.17. The van der Waals surface area contributed by atoms with Crippen molar-refractivity contribution in [2.75, 3.05) is 12.4 Å². The van der Waals surface area contributed by atoms with Crippen LogP contribution in [0.4, 0.5) is 0 Å². The van der Waals surface area contributed by atoms with Crippen molar-refractivity contribution < 1.29 is 0 Å². The fraction of sp³-hybridized carbons (Fsp3) is 1.00. The Bertz CT molecular complexity index is 106. The highest BCUT2D eigenvalue weighted by atomic mass is 35.5. The van der Waals surface area contributed by atoms with E-state index >= 15 is 0 Å². The Balaban J connectivity index is 2.98. The van der Waals surface area contributed by atoms with E-state index in [4.69, 9.17) is 11.6 Å². The van der Waals surface area contributed by atoms with Crippen molar-refractivity contribution in [1.29, 1.82) is 0 Å². The molecule has 0 aliphatic carbocycles. The Labute approximate surface area is 94.6 Å². The molecule has 1 N–H and O–H groups in total. The Morgan fingerprint density at radius 3 is 2.36 bits per heavy atom. The van der Waals surface area contributed by atoms with E-state index in [1.807, 2.05) is 0 Å². The van der Waals surface area contributed by atoms with Gasteiger partial charge in [-0.2, -0.15) is 0 Å². The van der Waals surface area contributed by atoms with E-state index in [1.54, 1.807) is 0 Å². The molecule has 0 saturated carbocycles. The lowest BCUT2D eigenvalue weighted by atomic mass is 10.1. The van der Waals surface area contributed by atoms with Gasteiger partial charge in [-0.15, -0.1) is 11.6 Å². The van der Waals surface area contributed by atoms with Crippen molar-refractivity contribution in [1.82, 2.24) is 5.32 Å². The van der Waals surface area contributed by atoms with Gasteiger partial charge >= 0.3 is 0 Å². The highest BCUT2D eigenvalue weighted by Gasteiger charge is 1.98. The van der Waals surface area contributed by atoms with E-state index in [2.05, 4.69) is 19.2 Å². The molecule has 0 heterocycles. The van der Waals surface area contributed by atoms with Gasteiger partial charge in [-0.1, -0.05) is 39.0 Å². The maximum absolute atomic E-state index is 5.65. The fourth-order valence-electron chi connectivity index (χ4n) is 1.52. The van der Waals surface area contributed by atoms with Gasteiger partial charge in [0.15, 0.2) is 0 Å². The van der Waals surface area contributed by atoms with Crippen LogP contribution in [-0.2, 0) is 0 Å². The van der Waals surface area contributed by atoms with Gasteiger partial charge in [0.1, 0.15) is 0 Å². The number of alkyl halides is 1. The second-order valence-electron chi connectivity index (χ2n) is 4.10. The molecule has 0 aromatic carbocycles. The lowest BCUT2D eigenvalue weighted by Crippen LogP contribution is -2.27. The van der Waals surface area contributed by atoms with Crippen LogP contribution in [0.25, 0.3) is 0 Å². The van der Waals surface area contributed by atoms with Gasteiger partial charge in [0.05, 0.1) is 0 Å². The predicted molar refractivity (Wildman–Crippen MR) is 66.2 cm³/mol. The maximum Gasteiger partial charge on any atom is 0.0238 e. The van der Waals surface area contributed by atoms with Gasteiger partial charge in [-0.3, -0.25) is 0 Å². The van der Waals surface area contributed by atoms with Crippen molar-refractivity contribution in [2.24, 2.45) is 0 Å². The lowest BCUT2D eigenvalue weighted by molar-refractivity contribution is 0.506. The van der Waals surface area contributed by atoms with Gasteiger partial charge < -0.3 is 5.32 Å². The molecule has 0 bridgehead atoms. The van der Waals surface area contributed by atoms with Gasteiger partial charge in [0.2, 0.25) is 0 Å². The van der Waals surface area contributed by atoms with Crippen LogP contribution in [0, 0.1) is 0 Å². The largest absolute Gasteiger partial charge is 0.314 e. The molecule has 1 unspecified atom stereocenters. The first-order valence-electron chi connectivity index (χ1n) is 6.10. The minimum absolute atomic E-state index is 0.586. The highest BCUT2D eigenvalue weighted by molar-refractivity contribution is 6.17. The summed E-state index contributed by atoms with van der Waals surface area (Å²) in [5.74, 6) is 0.769. The number of halogens is 1. The fourth-order valence-corrected chi connectivity index (χ4v) is 1.85. The molecule has 14 heavy (non-hydrogen) atoms. The predicted octanol–water partition coefficient (Wildman–Crippen LogP) is 3.95. The van der Waals surface area contributed by atoms with E-state index in [0.717, 1.165) is 18.8 Å². The van der Waals surface area contributed by atoms with Crippen LogP contribution in [0.5, 0.6) is 0 Å². The standard InChI is InChI=1S/C12H26ClN/c1-3-4-5-6-7-8-11-14-12(2)9-10-13/h12,14H,3-11H2,1-2H3. The summed E-state index contributed by atoms with van der Waals surface area (Å²) in [6.45, 7) is 5.62. The zero-order valence-corrected chi connectivity index (χ0v) is 10.6. The molecule has 0 aromatic rings. The minimum atomic E-state index is 0.586. The third-order valence-corrected chi connectivity index (χ3v) is 2.78. The lowest BCUT2D eigenvalue weighted by Gasteiger charge is -2.11. The molecule has 1 nitrogen and oxygen atoms in total. The van der Waals surface area contributed by atoms with E-state index in [9.17, 15) is 0 Å². The Hall–Kier alpha value is 0.250. The normalized spacial score (nSPS) is 13.1. The van der Waals surface area contributed by atoms with Crippen LogP contribution in [0.15, 0.2) is 0 Å². The molecular weight excluding hydrogens is 194 g/mol. The average molecular weight is 220 g/mol. The third kappa shape index (κ3) is 10.3. The van der Waals surface area contributed by atoms with Gasteiger partial charge in [0, 0.05) is 11.9 Å². The summed E-state index contributed by atoms with van der Waals surface area (Å²) in [5, 5.41) is 3.49. The second-order valence-corrected chi connectivity index (χ2v) is 4.48. The number of rotatable bonds is 10. The van der Waals surface area contributed by atoms with Crippen molar-refractivity contribution in [3.05, 3.63) is 0 Å². The first-order chi connectivity index (χ1) is 6.81. The van der Waals surface area contributed by atoms with E-state index < -0.39 is 0 Å². The Morgan fingerprint density at radius 2 is 1.71 bits per heavy atom. The zero-order valence-electron chi connectivity index (χ0n) is 9.82. The SMILES string of the molecule is CCCCCCCCNC(C)CCCl. The summed E-state index contributed by atoms with van der Waals surface area (Å²) in [6, 6.07) is 0.586. The zero-order chi connectivity index (χ0) is 10.6. The Morgan fingerprint density at radius 1 is 1.07 bits per heavy atom. The van der Waals surface area contributed by atoms with Crippen LogP contribution in [0.1, 0.15) is 58.8 Å². The first kappa shape index (κ1) is 14.2. The topological polar surface area (TPSA) is 12.0 Å². The quantitative estimate of drug-likeness (QED) is 0.433.